The third-order valence-electron chi connectivity index (χ3n) is 2.33. The smallest absolute Gasteiger partial charge is 0.387 e. The molecule has 0 bridgehead atoms. The summed E-state index contributed by atoms with van der Waals surface area (Å²) in [5, 5.41) is 46.1. The van der Waals surface area contributed by atoms with Gasteiger partial charge in [0.1, 0.15) is 36.6 Å². The second-order valence-electron chi connectivity index (χ2n) is 3.51. The van der Waals surface area contributed by atoms with E-state index in [1.807, 2.05) is 0 Å². The van der Waals surface area contributed by atoms with Gasteiger partial charge in [-0.3, -0.25) is 4.52 Å². The average Bonchev–Trinajstić information content (AvgIpc) is 2.17. The van der Waals surface area contributed by atoms with Crippen LogP contribution >= 0.6 is 7.82 Å². The van der Waals surface area contributed by atoms with Gasteiger partial charge in [-0.2, -0.15) is 0 Å². The molecule has 1 aliphatic carbocycles. The fraction of sp³-hybridized carbons (Fsp3) is 1.00. The Morgan fingerprint density at radius 3 is 1.38 bits per heavy atom. The molecule has 96 valence electrons. The van der Waals surface area contributed by atoms with E-state index in [-0.39, 0.29) is 0 Å². The van der Waals surface area contributed by atoms with Crippen molar-refractivity contribution in [2.24, 2.45) is 0 Å². The summed E-state index contributed by atoms with van der Waals surface area (Å²) < 4.78 is 14.5. The SMILES string of the molecule is O=P(O)(O)OC1[C@@H](O)[C@H](O)C(O)[C@H](O)[C@@H]1O. The van der Waals surface area contributed by atoms with Gasteiger partial charge in [0.2, 0.25) is 0 Å². The molecule has 10 heteroatoms. The Bertz CT molecular complexity index is 274. The maximum Gasteiger partial charge on any atom is 0.470 e. The second kappa shape index (κ2) is 4.65. The van der Waals surface area contributed by atoms with Crippen molar-refractivity contribution in [2.45, 2.75) is 36.6 Å². The Labute approximate surface area is 89.8 Å². The standard InChI is InChI=1S/C6H13O9P/c7-1-2(8)4(10)6(5(11)3(1)9)15-16(12,13)14/h1-11H,(H2,12,13,14)/t1?,2-,3+,4-,5-,6?/m0/s1. The Morgan fingerprint density at radius 2 is 1.06 bits per heavy atom. The molecule has 0 aromatic heterocycles. The minimum atomic E-state index is -5.01. The van der Waals surface area contributed by atoms with E-state index in [0.29, 0.717) is 0 Å². The highest BCUT2D eigenvalue weighted by molar-refractivity contribution is 7.46. The van der Waals surface area contributed by atoms with Crippen LogP contribution in [-0.2, 0) is 9.09 Å². The maximum atomic E-state index is 10.5. The number of phosphoric acid groups is 1. The average molecular weight is 260 g/mol. The molecule has 0 saturated heterocycles. The first-order chi connectivity index (χ1) is 7.15. The van der Waals surface area contributed by atoms with Crippen LogP contribution in [0.1, 0.15) is 0 Å². The molecule has 0 aromatic rings. The maximum absolute atomic E-state index is 10.5. The molecule has 1 aliphatic rings. The van der Waals surface area contributed by atoms with E-state index in [1.54, 1.807) is 0 Å². The van der Waals surface area contributed by atoms with Crippen LogP contribution < -0.4 is 0 Å². The van der Waals surface area contributed by atoms with Crippen LogP contribution in [0.5, 0.6) is 0 Å². The minimum Gasteiger partial charge on any atom is -0.387 e. The van der Waals surface area contributed by atoms with Crippen LogP contribution in [0.3, 0.4) is 0 Å². The first-order valence-electron chi connectivity index (χ1n) is 4.29. The molecule has 0 heterocycles. The fourth-order valence-electron chi connectivity index (χ4n) is 1.48. The molecular formula is C6H13O9P. The van der Waals surface area contributed by atoms with E-state index in [2.05, 4.69) is 4.52 Å². The van der Waals surface area contributed by atoms with Gasteiger partial charge < -0.3 is 35.3 Å². The number of aliphatic hydroxyl groups excluding tert-OH is 5. The van der Waals surface area contributed by atoms with Crippen LogP contribution in [0.2, 0.25) is 0 Å². The summed E-state index contributed by atoms with van der Waals surface area (Å²) >= 11 is 0. The Kier molecular flexibility index (Phi) is 4.06. The quantitative estimate of drug-likeness (QED) is 0.247. The Morgan fingerprint density at radius 1 is 0.750 bits per heavy atom. The van der Waals surface area contributed by atoms with Gasteiger partial charge in [-0.05, 0) is 0 Å². The molecule has 16 heavy (non-hydrogen) atoms. The van der Waals surface area contributed by atoms with E-state index >= 15 is 0 Å². The summed E-state index contributed by atoms with van der Waals surface area (Å²) in [4.78, 5) is 17.0. The lowest BCUT2D eigenvalue weighted by atomic mass is 9.85. The molecule has 0 radical (unpaired) electrons. The van der Waals surface area contributed by atoms with Gasteiger partial charge >= 0.3 is 7.82 Å². The summed E-state index contributed by atoms with van der Waals surface area (Å²) in [5.41, 5.74) is 0. The number of hydrogen-bond acceptors (Lipinski definition) is 7. The lowest BCUT2D eigenvalue weighted by Gasteiger charge is -2.41. The van der Waals surface area contributed by atoms with Crippen molar-refractivity contribution in [2.75, 3.05) is 0 Å². The van der Waals surface area contributed by atoms with Crippen LogP contribution in [0, 0.1) is 0 Å². The van der Waals surface area contributed by atoms with E-state index < -0.39 is 44.4 Å². The summed E-state index contributed by atoms with van der Waals surface area (Å²) in [5.74, 6) is 0. The molecule has 1 rings (SSSR count). The molecule has 9 nitrogen and oxygen atoms in total. The van der Waals surface area contributed by atoms with Crippen LogP contribution in [0.4, 0.5) is 0 Å². The van der Waals surface area contributed by atoms with Gasteiger partial charge in [0.25, 0.3) is 0 Å². The Hall–Kier alpha value is -0.0900. The zero-order valence-electron chi connectivity index (χ0n) is 7.86. The lowest BCUT2D eigenvalue weighted by molar-refractivity contribution is -0.219. The van der Waals surface area contributed by atoms with Crippen molar-refractivity contribution in [3.05, 3.63) is 0 Å². The van der Waals surface area contributed by atoms with Gasteiger partial charge in [-0.25, -0.2) is 4.57 Å². The highest BCUT2D eigenvalue weighted by Gasteiger charge is 2.50. The summed E-state index contributed by atoms with van der Waals surface area (Å²) in [6, 6.07) is 0. The van der Waals surface area contributed by atoms with Crippen LogP contribution in [0.25, 0.3) is 0 Å². The summed E-state index contributed by atoms with van der Waals surface area (Å²) in [6.45, 7) is 0. The van der Waals surface area contributed by atoms with Gasteiger partial charge in [0.05, 0.1) is 0 Å². The van der Waals surface area contributed by atoms with E-state index in [9.17, 15) is 25.0 Å². The third kappa shape index (κ3) is 2.77. The molecule has 1 saturated carbocycles. The second-order valence-corrected chi connectivity index (χ2v) is 4.71. The minimum absolute atomic E-state index is 1.83. The Balaban J connectivity index is 2.87. The fourth-order valence-corrected chi connectivity index (χ4v) is 2.05. The molecule has 0 aromatic carbocycles. The number of phosphoric ester groups is 1. The zero-order chi connectivity index (χ0) is 12.7. The number of aliphatic hydroxyl groups is 5. The normalized spacial score (nSPS) is 45.7. The van der Waals surface area contributed by atoms with Crippen LogP contribution in [-0.4, -0.2) is 71.9 Å². The predicted octanol–water partition coefficient (Wildman–Crippen LogP) is -3.72. The van der Waals surface area contributed by atoms with Crippen molar-refractivity contribution >= 4 is 7.82 Å². The van der Waals surface area contributed by atoms with Gasteiger partial charge in [0, 0.05) is 0 Å². The third-order valence-corrected chi connectivity index (χ3v) is 2.85. The molecule has 0 amide bonds. The zero-order valence-corrected chi connectivity index (χ0v) is 8.75. The van der Waals surface area contributed by atoms with Crippen LogP contribution in [0.15, 0.2) is 0 Å². The molecule has 0 spiro atoms. The first-order valence-corrected chi connectivity index (χ1v) is 5.82. The molecule has 2 unspecified atom stereocenters. The van der Waals surface area contributed by atoms with Crippen molar-refractivity contribution in [1.29, 1.82) is 0 Å². The topological polar surface area (TPSA) is 168 Å². The van der Waals surface area contributed by atoms with E-state index in [0.717, 1.165) is 0 Å². The van der Waals surface area contributed by atoms with Gasteiger partial charge in [-0.15, -0.1) is 0 Å². The van der Waals surface area contributed by atoms with Crippen molar-refractivity contribution in [3.8, 4) is 0 Å². The lowest BCUT2D eigenvalue weighted by Crippen LogP contribution is -2.64. The van der Waals surface area contributed by atoms with E-state index in [4.69, 9.17) is 14.9 Å². The van der Waals surface area contributed by atoms with Crippen molar-refractivity contribution in [1.82, 2.24) is 0 Å². The molecule has 7 N–H and O–H groups in total. The van der Waals surface area contributed by atoms with Gasteiger partial charge in [0.15, 0.2) is 0 Å². The molecule has 1 fully saturated rings. The van der Waals surface area contributed by atoms with Crippen molar-refractivity contribution in [3.63, 3.8) is 0 Å². The molecule has 6 atom stereocenters. The summed E-state index contributed by atoms with van der Waals surface area (Å²) in [6.07, 6.45) is -11.3. The number of hydrogen-bond donors (Lipinski definition) is 7. The predicted molar refractivity (Wildman–Crippen MR) is 47.0 cm³/mol. The number of rotatable bonds is 2. The molecular weight excluding hydrogens is 247 g/mol. The highest BCUT2D eigenvalue weighted by atomic mass is 31.2. The first kappa shape index (κ1) is 14.0. The largest absolute Gasteiger partial charge is 0.470 e. The summed E-state index contributed by atoms with van der Waals surface area (Å²) in [7, 11) is -5.01. The monoisotopic (exact) mass is 260 g/mol. The molecule has 0 aliphatic heterocycles. The van der Waals surface area contributed by atoms with Gasteiger partial charge in [-0.1, -0.05) is 0 Å². The van der Waals surface area contributed by atoms with E-state index in [1.165, 1.54) is 0 Å². The van der Waals surface area contributed by atoms with Crippen molar-refractivity contribution < 1.29 is 44.4 Å². The highest BCUT2D eigenvalue weighted by Crippen LogP contribution is 2.41.